The van der Waals surface area contributed by atoms with E-state index in [4.69, 9.17) is 0 Å². The van der Waals surface area contributed by atoms with Gasteiger partial charge in [0.25, 0.3) is 0 Å². The van der Waals surface area contributed by atoms with Crippen molar-refractivity contribution in [3.8, 4) is 0 Å². The molecule has 4 aromatic carbocycles. The van der Waals surface area contributed by atoms with Crippen LogP contribution in [0, 0.1) is 0 Å². The number of rotatable bonds is 14. The normalized spacial score (nSPS) is 11.5. The summed E-state index contributed by atoms with van der Waals surface area (Å²) in [6.45, 7) is 0. The van der Waals surface area contributed by atoms with Crippen LogP contribution in [0.15, 0.2) is 159 Å². The van der Waals surface area contributed by atoms with E-state index in [2.05, 4.69) is 133 Å². The smallest absolute Gasteiger partial charge is 0.0169 e. The summed E-state index contributed by atoms with van der Waals surface area (Å²) in [5.41, 5.74) is 0. The first-order valence-electron chi connectivity index (χ1n) is 12.3. The van der Waals surface area contributed by atoms with Crippen LogP contribution in [0.4, 0.5) is 0 Å². The molecular weight excluding hydrogens is 609 g/mol. The molecule has 0 amide bonds. The fraction of sp³-hybridized carbons (Fsp3) is 0.125. The lowest BCUT2D eigenvalue weighted by atomic mass is 10.4. The topological polar surface area (TPSA) is 0 Å². The van der Waals surface area contributed by atoms with E-state index in [0.717, 1.165) is 11.5 Å². The second kappa shape index (κ2) is 17.6. The molecule has 0 aliphatic heterocycles. The van der Waals surface area contributed by atoms with Crippen molar-refractivity contribution in [2.75, 3.05) is 24.0 Å². The van der Waals surface area contributed by atoms with Crippen molar-refractivity contribution in [2.45, 2.75) is 39.2 Å². The molecule has 39 heavy (non-hydrogen) atoms. The van der Waals surface area contributed by atoms with Crippen LogP contribution in [0.3, 0.4) is 0 Å². The summed E-state index contributed by atoms with van der Waals surface area (Å²) in [4.78, 5) is 10.2. The molecule has 0 nitrogen and oxygen atoms in total. The molecule has 0 N–H and O–H groups in total. The van der Waals surface area contributed by atoms with Crippen LogP contribution >= 0.6 is 82.3 Å². The third kappa shape index (κ3) is 11.3. The van der Waals surface area contributed by atoms with Gasteiger partial charge in [-0.05, 0) is 120 Å². The zero-order chi connectivity index (χ0) is 27.1. The molecule has 0 radical (unpaired) electrons. The average Bonchev–Trinajstić information content (AvgIpc) is 2.98. The van der Waals surface area contributed by atoms with E-state index in [-0.39, 0.29) is 0 Å². The highest BCUT2D eigenvalue weighted by molar-refractivity contribution is 8.03. The van der Waals surface area contributed by atoms with Crippen molar-refractivity contribution in [3.05, 3.63) is 120 Å². The minimum Gasteiger partial charge on any atom is -0.161 e. The first kappa shape index (κ1) is 30.8. The van der Waals surface area contributed by atoms with Crippen LogP contribution in [0.2, 0.25) is 0 Å². The summed E-state index contributed by atoms with van der Waals surface area (Å²) < 4.78 is 0. The summed E-state index contributed by atoms with van der Waals surface area (Å²) >= 11 is 12.6. The van der Waals surface area contributed by atoms with Crippen LogP contribution in [0.25, 0.3) is 0 Å². The molecular formula is C32H30S7. The summed E-state index contributed by atoms with van der Waals surface area (Å²) in [7, 11) is 0. The van der Waals surface area contributed by atoms with Crippen LogP contribution in [0.5, 0.6) is 0 Å². The second-order valence-corrected chi connectivity index (χ2v) is 15.2. The summed E-state index contributed by atoms with van der Waals surface area (Å²) in [5.74, 6) is 2.03. The Morgan fingerprint density at radius 2 is 0.795 bits per heavy atom. The van der Waals surface area contributed by atoms with Gasteiger partial charge in [-0.3, -0.25) is 0 Å². The van der Waals surface area contributed by atoms with E-state index in [1.165, 1.54) is 39.2 Å². The van der Waals surface area contributed by atoms with Gasteiger partial charge in [0, 0.05) is 50.7 Å². The van der Waals surface area contributed by atoms with E-state index in [1.54, 1.807) is 47.0 Å². The van der Waals surface area contributed by atoms with Gasteiger partial charge in [-0.1, -0.05) is 59.2 Å². The van der Waals surface area contributed by atoms with E-state index in [1.807, 2.05) is 35.3 Å². The Labute approximate surface area is 263 Å². The molecule has 7 heteroatoms. The van der Waals surface area contributed by atoms with Gasteiger partial charge in [-0.2, -0.15) is 11.8 Å². The van der Waals surface area contributed by atoms with Gasteiger partial charge in [0.1, 0.15) is 0 Å². The molecule has 0 saturated carbocycles. The summed E-state index contributed by atoms with van der Waals surface area (Å²) in [5, 5.41) is 4.37. The van der Waals surface area contributed by atoms with Crippen molar-refractivity contribution in [2.24, 2.45) is 0 Å². The average molecular weight is 639 g/mol. The van der Waals surface area contributed by atoms with Crippen molar-refractivity contribution in [3.63, 3.8) is 0 Å². The molecule has 0 heterocycles. The fourth-order valence-electron chi connectivity index (χ4n) is 3.26. The first-order valence-corrected chi connectivity index (χ1v) is 19.3. The van der Waals surface area contributed by atoms with E-state index in [0.29, 0.717) is 0 Å². The number of hydrogen-bond donors (Lipinski definition) is 0. The number of hydrogen-bond acceptors (Lipinski definition) is 7. The molecule has 0 aromatic heterocycles. The fourth-order valence-corrected chi connectivity index (χ4v) is 7.84. The largest absolute Gasteiger partial charge is 0.161 e. The van der Waals surface area contributed by atoms with Crippen molar-refractivity contribution in [1.82, 2.24) is 0 Å². The van der Waals surface area contributed by atoms with Crippen molar-refractivity contribution >= 4 is 82.3 Å². The molecule has 0 bridgehead atoms. The highest BCUT2D eigenvalue weighted by atomic mass is 32.2. The monoisotopic (exact) mass is 638 g/mol. The van der Waals surface area contributed by atoms with Crippen molar-refractivity contribution in [1.29, 1.82) is 0 Å². The Kier molecular flexibility index (Phi) is 13.9. The highest BCUT2D eigenvalue weighted by Gasteiger charge is 2.01. The lowest BCUT2D eigenvalue weighted by Gasteiger charge is -2.05. The predicted octanol–water partition coefficient (Wildman–Crippen LogP) is 12.1. The third-order valence-electron chi connectivity index (χ3n) is 5.21. The van der Waals surface area contributed by atoms with Gasteiger partial charge in [-0.25, -0.2) is 0 Å². The minimum atomic E-state index is 0.962. The van der Waals surface area contributed by atoms with Crippen LogP contribution in [0.1, 0.15) is 0 Å². The second-order valence-electron chi connectivity index (χ2n) is 8.04. The maximum Gasteiger partial charge on any atom is 0.0169 e. The zero-order valence-electron chi connectivity index (χ0n) is 21.8. The Balaban J connectivity index is 1.16. The van der Waals surface area contributed by atoms with Gasteiger partial charge >= 0.3 is 0 Å². The van der Waals surface area contributed by atoms with Crippen LogP contribution < -0.4 is 0 Å². The lowest BCUT2D eigenvalue weighted by molar-refractivity contribution is 1.32. The molecule has 200 valence electrons. The molecule has 0 fully saturated rings. The van der Waals surface area contributed by atoms with Crippen molar-refractivity contribution < 1.29 is 0 Å². The highest BCUT2D eigenvalue weighted by Crippen LogP contribution is 2.33. The lowest BCUT2D eigenvalue weighted by Crippen LogP contribution is -1.77. The Morgan fingerprint density at radius 1 is 0.436 bits per heavy atom. The molecule has 0 aliphatic carbocycles. The minimum absolute atomic E-state index is 0.962. The van der Waals surface area contributed by atoms with Gasteiger partial charge in [0.05, 0.1) is 0 Å². The number of thioether (sulfide) groups is 5. The molecule has 0 spiro atoms. The maximum atomic E-state index is 2.24. The first-order chi connectivity index (χ1) is 19.2. The molecule has 0 atom stereocenters. The number of benzene rings is 4. The molecule has 0 aliphatic rings. The van der Waals surface area contributed by atoms with Gasteiger partial charge in [-0.15, -0.1) is 23.5 Å². The van der Waals surface area contributed by atoms with Crippen LogP contribution in [-0.4, -0.2) is 24.0 Å². The van der Waals surface area contributed by atoms with E-state index >= 15 is 0 Å². The van der Waals surface area contributed by atoms with E-state index < -0.39 is 0 Å². The van der Waals surface area contributed by atoms with Crippen LogP contribution in [-0.2, 0) is 0 Å². The predicted molar refractivity (Wildman–Crippen MR) is 185 cm³/mol. The molecule has 0 saturated heterocycles. The van der Waals surface area contributed by atoms with Gasteiger partial charge in [0.2, 0.25) is 0 Å². The summed E-state index contributed by atoms with van der Waals surface area (Å²) in [6, 6.07) is 35.2. The third-order valence-corrected chi connectivity index (χ3v) is 11.2. The van der Waals surface area contributed by atoms with Gasteiger partial charge < -0.3 is 0 Å². The maximum absolute atomic E-state index is 2.24. The Morgan fingerprint density at radius 3 is 1.21 bits per heavy atom. The SMILES string of the molecule is CSC/C=C/Sc1ccc(Sc2ccc(SC/C=C/Sc3ccc(Sc4ccc(SC)cc4)cc3)cc2)cc1. The zero-order valence-corrected chi connectivity index (χ0v) is 27.5. The Bertz CT molecular complexity index is 1310. The quantitative estimate of drug-likeness (QED) is 0.124. The van der Waals surface area contributed by atoms with Gasteiger partial charge in [0.15, 0.2) is 0 Å². The summed E-state index contributed by atoms with van der Waals surface area (Å²) in [6.07, 6.45) is 8.68. The van der Waals surface area contributed by atoms with E-state index in [9.17, 15) is 0 Å². The Hall–Kier alpha value is -1.19. The molecule has 4 aromatic rings. The molecule has 4 rings (SSSR count). The molecule has 0 unspecified atom stereocenters. The standard InChI is InChI=1S/C32H30S7/c1-33-21-3-22-35-26-7-15-31(16-8-26)39-32-19-11-28(12-20-32)37-24-4-23-36-27-9-17-30(18-10-27)38-29-13-5-25(34-2)6-14-29/h3-20,22-23H,21,24H2,1-2H3/b22-3+,23-4+.